The molecular weight excluding hydrogens is 350 g/mol. The Kier molecular flexibility index (Phi) is 7.03. The standard InChI is InChI=1S/C18H19Cl2FN2O/c1-2-3-4-13(19)6-5-12-9-22-10-15(12)14-7-17(21)16(20)8-18(14)23-11-24/h2-8,11-12,15,22H,9-10H2,1H3,(H,23,24)/b3-2-,6-5+,13-4+/t12-,15+/m0/s1. The average Bonchev–Trinajstić information content (AvgIpc) is 3.02. The van der Waals surface area contributed by atoms with E-state index in [4.69, 9.17) is 23.2 Å². The van der Waals surface area contributed by atoms with E-state index in [9.17, 15) is 9.18 Å². The number of nitrogens with one attached hydrogen (secondary N) is 2. The van der Waals surface area contributed by atoms with Crippen molar-refractivity contribution in [1.29, 1.82) is 0 Å². The highest BCUT2D eigenvalue weighted by Crippen LogP contribution is 2.36. The summed E-state index contributed by atoms with van der Waals surface area (Å²) in [4.78, 5) is 10.8. The van der Waals surface area contributed by atoms with Gasteiger partial charge in [-0.25, -0.2) is 4.39 Å². The molecule has 1 fully saturated rings. The summed E-state index contributed by atoms with van der Waals surface area (Å²) in [5.74, 6) is -0.351. The van der Waals surface area contributed by atoms with Gasteiger partial charge in [0.2, 0.25) is 6.41 Å². The number of carbonyl (C=O) groups excluding carboxylic acids is 1. The van der Waals surface area contributed by atoms with Crippen LogP contribution in [0.2, 0.25) is 5.02 Å². The van der Waals surface area contributed by atoms with Crippen molar-refractivity contribution in [3.63, 3.8) is 0 Å². The van der Waals surface area contributed by atoms with E-state index < -0.39 is 5.82 Å². The van der Waals surface area contributed by atoms with Crippen molar-refractivity contribution in [2.75, 3.05) is 18.4 Å². The summed E-state index contributed by atoms with van der Waals surface area (Å²) in [6.07, 6.45) is 9.96. The van der Waals surface area contributed by atoms with Crippen LogP contribution in [0.1, 0.15) is 18.4 Å². The first kappa shape index (κ1) is 18.7. The van der Waals surface area contributed by atoms with Crippen LogP contribution < -0.4 is 10.6 Å². The van der Waals surface area contributed by atoms with Crippen LogP contribution in [-0.4, -0.2) is 19.5 Å². The fourth-order valence-corrected chi connectivity index (χ4v) is 3.07. The van der Waals surface area contributed by atoms with Crippen LogP contribution in [-0.2, 0) is 4.79 Å². The third kappa shape index (κ3) is 4.69. The fraction of sp³-hybridized carbons (Fsp3) is 0.278. The van der Waals surface area contributed by atoms with E-state index in [-0.39, 0.29) is 16.9 Å². The Balaban J connectivity index is 2.28. The molecule has 1 heterocycles. The van der Waals surface area contributed by atoms with E-state index in [1.165, 1.54) is 12.1 Å². The summed E-state index contributed by atoms with van der Waals surface area (Å²) in [6.45, 7) is 3.34. The van der Waals surface area contributed by atoms with Gasteiger partial charge in [0.1, 0.15) is 5.82 Å². The van der Waals surface area contributed by atoms with Crippen LogP contribution in [0.25, 0.3) is 0 Å². The minimum Gasteiger partial charge on any atom is -0.328 e. The SMILES string of the molecule is C\C=C/C=C(Cl)\C=C\[C@H]1CNC[C@H]1c1cc(F)c(Cl)cc1NC=O. The molecule has 1 aromatic carbocycles. The smallest absolute Gasteiger partial charge is 0.211 e. The summed E-state index contributed by atoms with van der Waals surface area (Å²) in [6, 6.07) is 2.84. The average molecular weight is 369 g/mol. The van der Waals surface area contributed by atoms with Gasteiger partial charge >= 0.3 is 0 Å². The number of hydrogen-bond acceptors (Lipinski definition) is 2. The molecule has 24 heavy (non-hydrogen) atoms. The molecule has 0 bridgehead atoms. The zero-order valence-corrected chi connectivity index (χ0v) is 14.7. The summed E-state index contributed by atoms with van der Waals surface area (Å²) >= 11 is 11.9. The molecule has 1 amide bonds. The van der Waals surface area contributed by atoms with E-state index in [0.29, 0.717) is 23.7 Å². The second-order valence-electron chi connectivity index (χ2n) is 5.48. The lowest BCUT2D eigenvalue weighted by Crippen LogP contribution is -2.12. The van der Waals surface area contributed by atoms with Gasteiger partial charge in [-0.15, -0.1) is 0 Å². The zero-order chi connectivity index (χ0) is 17.5. The Hall–Kier alpha value is -1.62. The number of halogens is 3. The van der Waals surface area contributed by atoms with Crippen molar-refractivity contribution in [3.05, 3.63) is 63.9 Å². The first-order chi connectivity index (χ1) is 11.6. The Morgan fingerprint density at radius 1 is 1.42 bits per heavy atom. The lowest BCUT2D eigenvalue weighted by Gasteiger charge is -2.19. The Labute approximate surface area is 151 Å². The molecule has 1 aromatic rings. The third-order valence-corrected chi connectivity index (χ3v) is 4.46. The van der Waals surface area contributed by atoms with Crippen LogP contribution in [0, 0.1) is 11.7 Å². The lowest BCUT2D eigenvalue weighted by atomic mass is 9.87. The number of benzene rings is 1. The molecule has 2 atom stereocenters. The minimum absolute atomic E-state index is 0.0153. The number of hydrogen-bond donors (Lipinski definition) is 2. The maximum absolute atomic E-state index is 13.9. The van der Waals surface area contributed by atoms with Crippen LogP contribution in [0.3, 0.4) is 0 Å². The summed E-state index contributed by atoms with van der Waals surface area (Å²) < 4.78 is 13.9. The predicted molar refractivity (Wildman–Crippen MR) is 98.1 cm³/mol. The summed E-state index contributed by atoms with van der Waals surface area (Å²) in [7, 11) is 0. The summed E-state index contributed by atoms with van der Waals surface area (Å²) in [5, 5.41) is 6.50. The van der Waals surface area contributed by atoms with E-state index in [1.54, 1.807) is 6.08 Å². The minimum atomic E-state index is -0.497. The second kappa shape index (κ2) is 9.02. The topological polar surface area (TPSA) is 41.1 Å². The molecule has 0 spiro atoms. The number of amides is 1. The Bertz CT molecular complexity index is 686. The first-order valence-electron chi connectivity index (χ1n) is 7.63. The van der Waals surface area contributed by atoms with Gasteiger partial charge in [0.05, 0.1) is 5.02 Å². The van der Waals surface area contributed by atoms with E-state index in [2.05, 4.69) is 10.6 Å². The molecular formula is C18H19Cl2FN2O. The van der Waals surface area contributed by atoms with Crippen molar-refractivity contribution in [2.24, 2.45) is 5.92 Å². The number of anilines is 1. The van der Waals surface area contributed by atoms with Gasteiger partial charge in [0.15, 0.2) is 0 Å². The van der Waals surface area contributed by atoms with Gasteiger partial charge in [-0.05, 0) is 42.7 Å². The Morgan fingerprint density at radius 2 is 2.21 bits per heavy atom. The fourth-order valence-electron chi connectivity index (χ4n) is 2.76. The molecule has 1 aliphatic rings. The molecule has 0 aromatic heterocycles. The Morgan fingerprint density at radius 3 is 2.92 bits per heavy atom. The largest absolute Gasteiger partial charge is 0.328 e. The lowest BCUT2D eigenvalue weighted by molar-refractivity contribution is -0.105. The summed E-state index contributed by atoms with van der Waals surface area (Å²) in [5.41, 5.74) is 1.25. The monoisotopic (exact) mass is 368 g/mol. The number of carbonyl (C=O) groups is 1. The van der Waals surface area contributed by atoms with Crippen molar-refractivity contribution in [3.8, 4) is 0 Å². The van der Waals surface area contributed by atoms with Crippen molar-refractivity contribution >= 4 is 35.3 Å². The maximum Gasteiger partial charge on any atom is 0.211 e. The third-order valence-electron chi connectivity index (χ3n) is 3.92. The highest BCUT2D eigenvalue weighted by Gasteiger charge is 2.29. The van der Waals surface area contributed by atoms with Crippen LogP contribution in [0.15, 0.2) is 47.5 Å². The molecule has 0 saturated carbocycles. The molecule has 128 valence electrons. The molecule has 1 aliphatic heterocycles. The zero-order valence-electron chi connectivity index (χ0n) is 13.2. The second-order valence-corrected chi connectivity index (χ2v) is 6.32. The van der Waals surface area contributed by atoms with Crippen molar-refractivity contribution < 1.29 is 9.18 Å². The van der Waals surface area contributed by atoms with Crippen molar-refractivity contribution in [2.45, 2.75) is 12.8 Å². The molecule has 6 heteroatoms. The van der Waals surface area contributed by atoms with Gasteiger partial charge in [-0.1, -0.05) is 41.4 Å². The normalized spacial score (nSPS) is 21.8. The number of allylic oxidation sites excluding steroid dienone is 5. The van der Waals surface area contributed by atoms with Crippen LogP contribution >= 0.6 is 23.2 Å². The molecule has 2 N–H and O–H groups in total. The van der Waals surface area contributed by atoms with E-state index in [1.807, 2.05) is 31.2 Å². The quantitative estimate of drug-likeness (QED) is 0.568. The van der Waals surface area contributed by atoms with Crippen LogP contribution in [0.5, 0.6) is 0 Å². The highest BCUT2D eigenvalue weighted by molar-refractivity contribution is 6.31. The molecule has 0 radical (unpaired) electrons. The van der Waals surface area contributed by atoms with Gasteiger partial charge in [-0.2, -0.15) is 0 Å². The predicted octanol–water partition coefficient (Wildman–Crippen LogP) is 4.61. The highest BCUT2D eigenvalue weighted by atomic mass is 35.5. The van der Waals surface area contributed by atoms with Crippen molar-refractivity contribution in [1.82, 2.24) is 5.32 Å². The van der Waals surface area contributed by atoms with Gasteiger partial charge in [0.25, 0.3) is 0 Å². The molecule has 0 unspecified atom stereocenters. The van der Waals surface area contributed by atoms with E-state index in [0.717, 1.165) is 12.1 Å². The molecule has 3 nitrogen and oxygen atoms in total. The molecule has 1 saturated heterocycles. The van der Waals surface area contributed by atoms with E-state index >= 15 is 0 Å². The molecule has 0 aliphatic carbocycles. The van der Waals surface area contributed by atoms with Gasteiger partial charge < -0.3 is 10.6 Å². The van der Waals surface area contributed by atoms with Gasteiger partial charge in [0, 0.05) is 29.7 Å². The molecule has 2 rings (SSSR count). The van der Waals surface area contributed by atoms with Crippen LogP contribution in [0.4, 0.5) is 10.1 Å². The first-order valence-corrected chi connectivity index (χ1v) is 8.39. The maximum atomic E-state index is 13.9. The van der Waals surface area contributed by atoms with Gasteiger partial charge in [-0.3, -0.25) is 4.79 Å². The number of rotatable bonds is 6.